The molecule has 0 bridgehead atoms. The van der Waals surface area contributed by atoms with Crippen molar-refractivity contribution in [2.24, 2.45) is 0 Å². The number of imidazole rings is 1. The lowest BCUT2D eigenvalue weighted by atomic mass is 10.2. The third-order valence-corrected chi connectivity index (χ3v) is 3.34. The van der Waals surface area contributed by atoms with Gasteiger partial charge in [0, 0.05) is 33.2 Å². The van der Waals surface area contributed by atoms with E-state index in [4.69, 9.17) is 9.47 Å². The fourth-order valence-electron chi connectivity index (χ4n) is 2.48. The Morgan fingerprint density at radius 3 is 3.12 bits per heavy atom. The summed E-state index contributed by atoms with van der Waals surface area (Å²) in [6.07, 6.45) is 7.69. The van der Waals surface area contributed by atoms with Crippen molar-refractivity contribution >= 4 is 5.95 Å². The van der Waals surface area contributed by atoms with E-state index in [2.05, 4.69) is 14.9 Å². The van der Waals surface area contributed by atoms with Crippen LogP contribution in [0.1, 0.15) is 25.3 Å². The molecule has 1 saturated carbocycles. The minimum Gasteiger partial charge on any atom is -0.383 e. The van der Waals surface area contributed by atoms with Crippen LogP contribution in [0.5, 0.6) is 0 Å². The standard InChI is InChI=1S/C12H21N3O2/c1-16-9-7-14-12-13-6-8-15(12)10-4-3-5-11(10)17-2/h6,8,10-11H,3-5,7,9H2,1-2H3,(H,13,14). The molecule has 1 aliphatic rings. The number of anilines is 1. The van der Waals surface area contributed by atoms with Gasteiger partial charge in [0.15, 0.2) is 0 Å². The largest absolute Gasteiger partial charge is 0.383 e. The molecule has 2 rings (SSSR count). The summed E-state index contributed by atoms with van der Waals surface area (Å²) in [5.74, 6) is 0.913. The fourth-order valence-corrected chi connectivity index (χ4v) is 2.48. The molecule has 1 aliphatic carbocycles. The normalized spacial score (nSPS) is 24.1. The average Bonchev–Trinajstić information content (AvgIpc) is 2.96. The van der Waals surface area contributed by atoms with Gasteiger partial charge in [0.1, 0.15) is 0 Å². The van der Waals surface area contributed by atoms with Crippen LogP contribution in [0.2, 0.25) is 0 Å². The predicted molar refractivity (Wildman–Crippen MR) is 66.3 cm³/mol. The Hall–Kier alpha value is -1.07. The lowest BCUT2D eigenvalue weighted by molar-refractivity contribution is 0.0755. The molecule has 2 atom stereocenters. The lowest BCUT2D eigenvalue weighted by Crippen LogP contribution is -2.22. The van der Waals surface area contributed by atoms with E-state index in [9.17, 15) is 0 Å². The summed E-state index contributed by atoms with van der Waals surface area (Å²) in [4.78, 5) is 4.34. The Kier molecular flexibility index (Phi) is 4.39. The Morgan fingerprint density at radius 2 is 2.35 bits per heavy atom. The van der Waals surface area contributed by atoms with Gasteiger partial charge in [0.05, 0.1) is 18.8 Å². The van der Waals surface area contributed by atoms with Gasteiger partial charge in [-0.05, 0) is 19.3 Å². The maximum atomic E-state index is 5.53. The van der Waals surface area contributed by atoms with Gasteiger partial charge in [-0.25, -0.2) is 4.98 Å². The van der Waals surface area contributed by atoms with Crippen LogP contribution < -0.4 is 5.32 Å². The van der Waals surface area contributed by atoms with E-state index < -0.39 is 0 Å². The molecule has 0 spiro atoms. The second kappa shape index (κ2) is 6.02. The van der Waals surface area contributed by atoms with Gasteiger partial charge in [-0.3, -0.25) is 0 Å². The highest BCUT2D eigenvalue weighted by atomic mass is 16.5. The highest BCUT2D eigenvalue weighted by Gasteiger charge is 2.29. The lowest BCUT2D eigenvalue weighted by Gasteiger charge is -2.21. The summed E-state index contributed by atoms with van der Waals surface area (Å²) in [6.45, 7) is 1.46. The SMILES string of the molecule is COCCNc1nccn1C1CCCC1OC. The van der Waals surface area contributed by atoms with Crippen LogP contribution in [0.3, 0.4) is 0 Å². The molecule has 1 N–H and O–H groups in total. The second-order valence-corrected chi connectivity index (χ2v) is 4.35. The number of nitrogens with one attached hydrogen (secondary N) is 1. The van der Waals surface area contributed by atoms with Gasteiger partial charge < -0.3 is 19.4 Å². The van der Waals surface area contributed by atoms with Crippen molar-refractivity contribution in [1.82, 2.24) is 9.55 Å². The summed E-state index contributed by atoms with van der Waals surface area (Å²) in [6, 6.07) is 0.410. The monoisotopic (exact) mass is 239 g/mol. The molecular weight excluding hydrogens is 218 g/mol. The molecule has 0 aromatic carbocycles. The fraction of sp³-hybridized carbons (Fsp3) is 0.750. The Morgan fingerprint density at radius 1 is 1.47 bits per heavy atom. The van der Waals surface area contributed by atoms with Gasteiger partial charge in [0.2, 0.25) is 5.95 Å². The highest BCUT2D eigenvalue weighted by Crippen LogP contribution is 2.33. The van der Waals surface area contributed by atoms with Crippen molar-refractivity contribution in [3.05, 3.63) is 12.4 Å². The third kappa shape index (κ3) is 2.79. The molecule has 0 radical (unpaired) electrons. The molecule has 0 saturated heterocycles. The van der Waals surface area contributed by atoms with Crippen LogP contribution in [0.4, 0.5) is 5.95 Å². The minimum absolute atomic E-state index is 0.312. The number of aromatic nitrogens is 2. The van der Waals surface area contributed by atoms with E-state index in [1.165, 1.54) is 6.42 Å². The van der Waals surface area contributed by atoms with Gasteiger partial charge >= 0.3 is 0 Å². The van der Waals surface area contributed by atoms with Crippen molar-refractivity contribution in [3.8, 4) is 0 Å². The first-order chi connectivity index (χ1) is 8.36. The molecule has 1 heterocycles. The molecule has 1 fully saturated rings. The van der Waals surface area contributed by atoms with Gasteiger partial charge in [-0.2, -0.15) is 0 Å². The zero-order chi connectivity index (χ0) is 12.1. The predicted octanol–water partition coefficient (Wildman–Crippen LogP) is 1.68. The number of methoxy groups -OCH3 is 2. The minimum atomic E-state index is 0.312. The van der Waals surface area contributed by atoms with Gasteiger partial charge in [-0.15, -0.1) is 0 Å². The number of hydrogen-bond acceptors (Lipinski definition) is 4. The van der Waals surface area contributed by atoms with Crippen molar-refractivity contribution in [3.63, 3.8) is 0 Å². The van der Waals surface area contributed by atoms with Crippen LogP contribution >= 0.6 is 0 Å². The Bertz CT molecular complexity index is 340. The summed E-state index contributed by atoms with van der Waals surface area (Å²) in [5.41, 5.74) is 0. The maximum Gasteiger partial charge on any atom is 0.203 e. The summed E-state index contributed by atoms with van der Waals surface area (Å²) < 4.78 is 12.7. The maximum absolute atomic E-state index is 5.53. The van der Waals surface area contributed by atoms with Crippen LogP contribution in [-0.2, 0) is 9.47 Å². The molecule has 5 heteroatoms. The third-order valence-electron chi connectivity index (χ3n) is 3.34. The first-order valence-electron chi connectivity index (χ1n) is 6.15. The topological polar surface area (TPSA) is 48.3 Å². The van der Waals surface area contributed by atoms with Crippen molar-refractivity contribution in [2.45, 2.75) is 31.4 Å². The van der Waals surface area contributed by atoms with E-state index >= 15 is 0 Å². The molecule has 17 heavy (non-hydrogen) atoms. The zero-order valence-electron chi connectivity index (χ0n) is 10.6. The molecule has 96 valence electrons. The quantitative estimate of drug-likeness (QED) is 0.767. The van der Waals surface area contributed by atoms with Gasteiger partial charge in [0.25, 0.3) is 0 Å². The van der Waals surface area contributed by atoms with E-state index in [0.717, 1.165) is 25.3 Å². The van der Waals surface area contributed by atoms with Crippen LogP contribution in [0.25, 0.3) is 0 Å². The van der Waals surface area contributed by atoms with E-state index in [1.807, 2.05) is 12.4 Å². The first kappa shape index (κ1) is 12.4. The van der Waals surface area contributed by atoms with Crippen LogP contribution in [-0.4, -0.2) is 43.0 Å². The number of rotatable bonds is 6. The van der Waals surface area contributed by atoms with E-state index in [-0.39, 0.29) is 0 Å². The van der Waals surface area contributed by atoms with Crippen molar-refractivity contribution in [2.75, 3.05) is 32.7 Å². The van der Waals surface area contributed by atoms with Crippen LogP contribution in [0, 0.1) is 0 Å². The molecule has 0 aliphatic heterocycles. The highest BCUT2D eigenvalue weighted by molar-refractivity contribution is 5.27. The second-order valence-electron chi connectivity index (χ2n) is 4.35. The molecule has 0 amide bonds. The number of hydrogen-bond donors (Lipinski definition) is 1. The summed E-state index contributed by atoms with van der Waals surface area (Å²) in [5, 5.41) is 3.29. The average molecular weight is 239 g/mol. The smallest absolute Gasteiger partial charge is 0.203 e. The van der Waals surface area contributed by atoms with Crippen LogP contribution in [0.15, 0.2) is 12.4 Å². The summed E-state index contributed by atoms with van der Waals surface area (Å²) in [7, 11) is 3.49. The Labute approximate surface area is 102 Å². The molecular formula is C12H21N3O2. The molecule has 1 aromatic heterocycles. The van der Waals surface area contributed by atoms with Crippen molar-refractivity contribution < 1.29 is 9.47 Å². The van der Waals surface area contributed by atoms with Crippen molar-refractivity contribution in [1.29, 1.82) is 0 Å². The van der Waals surface area contributed by atoms with E-state index in [0.29, 0.717) is 18.8 Å². The molecule has 2 unspecified atom stereocenters. The molecule has 1 aromatic rings. The molecule has 5 nitrogen and oxygen atoms in total. The number of nitrogens with zero attached hydrogens (tertiary/aromatic N) is 2. The first-order valence-corrected chi connectivity index (χ1v) is 6.15. The summed E-state index contributed by atoms with van der Waals surface area (Å²) >= 11 is 0. The Balaban J connectivity index is 2.02. The zero-order valence-corrected chi connectivity index (χ0v) is 10.6. The van der Waals surface area contributed by atoms with Gasteiger partial charge in [-0.1, -0.05) is 0 Å². The number of ether oxygens (including phenoxy) is 2. The van der Waals surface area contributed by atoms with E-state index in [1.54, 1.807) is 14.2 Å².